The molecule has 54 heavy (non-hydrogen) atoms. The van der Waals surface area contributed by atoms with Gasteiger partial charge in [0, 0.05) is 49.6 Å². The van der Waals surface area contributed by atoms with Gasteiger partial charge in [-0.2, -0.15) is 0 Å². The van der Waals surface area contributed by atoms with Crippen molar-refractivity contribution in [2.24, 2.45) is 0 Å². The number of rotatable bonds is 4. The molecule has 0 N–H and O–H groups in total. The highest BCUT2D eigenvalue weighted by Crippen LogP contribution is 2.49. The van der Waals surface area contributed by atoms with Gasteiger partial charge in [0.25, 0.3) is 0 Å². The van der Waals surface area contributed by atoms with Crippen LogP contribution < -0.4 is 0 Å². The van der Waals surface area contributed by atoms with Gasteiger partial charge in [0.15, 0.2) is 0 Å². The Balaban J connectivity index is 1.00. The van der Waals surface area contributed by atoms with E-state index in [0.29, 0.717) is 0 Å². The van der Waals surface area contributed by atoms with Crippen molar-refractivity contribution in [3.8, 4) is 56.1 Å². The second kappa shape index (κ2) is 11.1. The molecule has 3 heterocycles. The molecule has 8 aromatic carbocycles. The van der Waals surface area contributed by atoms with Gasteiger partial charge in [-0.15, -0.1) is 0 Å². The van der Waals surface area contributed by atoms with Gasteiger partial charge >= 0.3 is 0 Å². The maximum Gasteiger partial charge on any atom is 0.116 e. The van der Waals surface area contributed by atoms with E-state index in [1.165, 1.54) is 82.3 Å². The van der Waals surface area contributed by atoms with Gasteiger partial charge in [-0.25, -0.2) is 9.97 Å². The first-order valence-electron chi connectivity index (χ1n) is 18.4. The number of para-hydroxylation sites is 3. The summed E-state index contributed by atoms with van der Waals surface area (Å²) < 4.78 is 4.77. The van der Waals surface area contributed by atoms with E-state index in [0.717, 1.165) is 28.2 Å². The molecule has 4 nitrogen and oxygen atoms in total. The molecule has 0 unspecified atom stereocenters. The van der Waals surface area contributed by atoms with E-state index >= 15 is 0 Å². The lowest BCUT2D eigenvalue weighted by molar-refractivity contribution is 1.17. The number of fused-ring (bicyclic) bond motifs is 9. The lowest BCUT2D eigenvalue weighted by atomic mass is 9.99. The number of aromatic nitrogens is 4. The third kappa shape index (κ3) is 4.08. The van der Waals surface area contributed by atoms with Gasteiger partial charge in [0.2, 0.25) is 0 Å². The fourth-order valence-electron chi connectivity index (χ4n) is 9.01. The molecule has 0 fully saturated rings. The van der Waals surface area contributed by atoms with Gasteiger partial charge < -0.3 is 9.13 Å². The molecule has 1 aliphatic rings. The van der Waals surface area contributed by atoms with Gasteiger partial charge in [-0.05, 0) is 82.1 Å². The minimum absolute atomic E-state index is 0.962. The zero-order valence-corrected chi connectivity index (χ0v) is 29.1. The molecule has 0 saturated heterocycles. The van der Waals surface area contributed by atoms with E-state index in [-0.39, 0.29) is 0 Å². The Morgan fingerprint density at radius 2 is 0.926 bits per heavy atom. The summed E-state index contributed by atoms with van der Waals surface area (Å²) in [5.41, 5.74) is 16.0. The first-order valence-corrected chi connectivity index (χ1v) is 18.4. The molecule has 3 aromatic heterocycles. The number of hydrogen-bond acceptors (Lipinski definition) is 2. The van der Waals surface area contributed by atoms with Gasteiger partial charge in [0.05, 0.1) is 33.5 Å². The summed E-state index contributed by atoms with van der Waals surface area (Å²) in [4.78, 5) is 9.64. The quantitative estimate of drug-likeness (QED) is 0.185. The predicted molar refractivity (Wildman–Crippen MR) is 224 cm³/mol. The molecule has 0 saturated carbocycles. The lowest BCUT2D eigenvalue weighted by Crippen LogP contribution is -1.96. The normalized spacial score (nSPS) is 12.1. The highest BCUT2D eigenvalue weighted by Gasteiger charge is 2.26. The zero-order chi connectivity index (χ0) is 35.3. The van der Waals surface area contributed by atoms with E-state index in [4.69, 9.17) is 9.97 Å². The lowest BCUT2D eigenvalue weighted by Gasteiger charge is -2.12. The van der Waals surface area contributed by atoms with E-state index in [1.807, 2.05) is 0 Å². The molecular weight excluding hydrogens is 657 g/mol. The smallest absolute Gasteiger partial charge is 0.116 e. The average Bonchev–Trinajstić information content (AvgIpc) is 3.88. The SMILES string of the molecule is c1ccc(-n2c3ccccc3c3cc(-c4ccc5c6ccccc6n(-c6ccc(-c7ncnc8c7-c7cccc9cccc-8c79)cc6)c5c4)ccc32)cc1. The number of benzene rings is 8. The van der Waals surface area contributed by atoms with Crippen molar-refractivity contribution in [2.45, 2.75) is 0 Å². The molecule has 0 spiro atoms. The summed E-state index contributed by atoms with van der Waals surface area (Å²) in [6.45, 7) is 0. The number of nitrogens with zero attached hydrogens (tertiary/aromatic N) is 4. The first kappa shape index (κ1) is 29.3. The molecule has 11 aromatic rings. The fraction of sp³-hybridized carbons (Fsp3) is 0. The highest BCUT2D eigenvalue weighted by molar-refractivity contribution is 6.17. The van der Waals surface area contributed by atoms with E-state index in [9.17, 15) is 0 Å². The van der Waals surface area contributed by atoms with Crippen LogP contribution in [-0.4, -0.2) is 19.1 Å². The van der Waals surface area contributed by atoms with Crippen molar-refractivity contribution < 1.29 is 0 Å². The summed E-state index contributed by atoms with van der Waals surface area (Å²) in [5, 5.41) is 7.47. The van der Waals surface area contributed by atoms with Crippen LogP contribution in [0.2, 0.25) is 0 Å². The summed E-state index contributed by atoms with van der Waals surface area (Å²) in [5.74, 6) is 0. The van der Waals surface area contributed by atoms with Crippen molar-refractivity contribution in [2.75, 3.05) is 0 Å². The summed E-state index contributed by atoms with van der Waals surface area (Å²) >= 11 is 0. The predicted octanol–water partition coefficient (Wildman–Crippen LogP) is 12.8. The monoisotopic (exact) mass is 686 g/mol. The van der Waals surface area contributed by atoms with Crippen LogP contribution in [0, 0.1) is 0 Å². The molecule has 0 atom stereocenters. The molecule has 12 rings (SSSR count). The first-order chi connectivity index (χ1) is 26.8. The second-order valence-corrected chi connectivity index (χ2v) is 14.2. The van der Waals surface area contributed by atoms with Gasteiger partial charge in [-0.3, -0.25) is 0 Å². The van der Waals surface area contributed by atoms with Crippen molar-refractivity contribution in [1.29, 1.82) is 0 Å². The van der Waals surface area contributed by atoms with Crippen LogP contribution >= 0.6 is 0 Å². The van der Waals surface area contributed by atoms with Crippen LogP contribution in [0.5, 0.6) is 0 Å². The topological polar surface area (TPSA) is 35.6 Å². The third-order valence-corrected chi connectivity index (χ3v) is 11.4. The molecule has 0 aliphatic heterocycles. The van der Waals surface area contributed by atoms with Crippen molar-refractivity contribution in [1.82, 2.24) is 19.1 Å². The summed E-state index contributed by atoms with van der Waals surface area (Å²) in [6.07, 6.45) is 1.71. The van der Waals surface area contributed by atoms with Crippen LogP contribution in [0.15, 0.2) is 182 Å². The molecule has 0 amide bonds. The van der Waals surface area contributed by atoms with E-state index < -0.39 is 0 Å². The largest absolute Gasteiger partial charge is 0.309 e. The molecule has 4 heteroatoms. The van der Waals surface area contributed by atoms with Crippen LogP contribution in [0.3, 0.4) is 0 Å². The Hall–Kier alpha value is -7.30. The van der Waals surface area contributed by atoms with Crippen LogP contribution in [0.4, 0.5) is 0 Å². The van der Waals surface area contributed by atoms with Crippen molar-refractivity contribution in [3.05, 3.63) is 182 Å². The molecular formula is C50H30N4. The van der Waals surface area contributed by atoms with Crippen LogP contribution in [-0.2, 0) is 0 Å². The minimum Gasteiger partial charge on any atom is -0.309 e. The standard InChI is InChI=1S/C50H30N4/c1-2-12-35(13-3-1)53-44-19-7-5-15-38(44)42-28-33(23-27-45(42)53)34-22-26-39-37-14-4-6-18-43(37)54(46(39)29-34)36-24-20-32(21-25-36)49-48-40-16-8-10-31-11-9-17-41(47(31)40)50(48)52-30-51-49/h1-30H. The van der Waals surface area contributed by atoms with E-state index in [2.05, 4.69) is 185 Å². The Morgan fingerprint density at radius 1 is 0.352 bits per heavy atom. The average molecular weight is 687 g/mol. The fourth-order valence-corrected chi connectivity index (χ4v) is 9.01. The minimum atomic E-state index is 0.962. The maximum atomic E-state index is 4.87. The van der Waals surface area contributed by atoms with E-state index in [1.54, 1.807) is 6.33 Å². The van der Waals surface area contributed by atoms with Gasteiger partial charge in [-0.1, -0.05) is 121 Å². The summed E-state index contributed by atoms with van der Waals surface area (Å²) in [6, 6.07) is 63.8. The molecule has 250 valence electrons. The van der Waals surface area contributed by atoms with Crippen LogP contribution in [0.1, 0.15) is 0 Å². The Labute approximate surface area is 310 Å². The highest BCUT2D eigenvalue weighted by atomic mass is 15.0. The Bertz CT molecular complexity index is 3310. The van der Waals surface area contributed by atoms with Crippen molar-refractivity contribution >= 4 is 54.4 Å². The Morgan fingerprint density at radius 3 is 1.72 bits per heavy atom. The number of hydrogen-bond donors (Lipinski definition) is 0. The second-order valence-electron chi connectivity index (χ2n) is 14.2. The van der Waals surface area contributed by atoms with Crippen LogP contribution in [0.25, 0.3) is 111 Å². The molecule has 1 aliphatic carbocycles. The summed E-state index contributed by atoms with van der Waals surface area (Å²) in [7, 11) is 0. The Kier molecular flexibility index (Phi) is 6.02. The van der Waals surface area contributed by atoms with Gasteiger partial charge in [0.1, 0.15) is 6.33 Å². The van der Waals surface area contributed by atoms with Crippen molar-refractivity contribution in [3.63, 3.8) is 0 Å². The molecule has 0 bridgehead atoms. The molecule has 0 radical (unpaired) electrons. The zero-order valence-electron chi connectivity index (χ0n) is 29.1. The maximum absolute atomic E-state index is 4.87. The third-order valence-electron chi connectivity index (χ3n) is 11.4.